The van der Waals surface area contributed by atoms with E-state index in [4.69, 9.17) is 17.3 Å². The van der Waals surface area contributed by atoms with E-state index in [0.717, 1.165) is 17.0 Å². The number of thioether (sulfide) groups is 1. The molecule has 0 aliphatic rings. The molecule has 6 heteroatoms. The Hall–Kier alpha value is -1.20. The van der Waals surface area contributed by atoms with Crippen molar-refractivity contribution in [3.63, 3.8) is 0 Å². The number of carbonyl (C=O) groups is 2. The number of amides is 2. The fourth-order valence-electron chi connectivity index (χ4n) is 1.47. The summed E-state index contributed by atoms with van der Waals surface area (Å²) in [4.78, 5) is 22.2. The lowest BCUT2D eigenvalue weighted by molar-refractivity contribution is -0.118. The van der Waals surface area contributed by atoms with Gasteiger partial charge in [-0.1, -0.05) is 11.6 Å². The lowest BCUT2D eigenvalue weighted by atomic mass is 10.2. The van der Waals surface area contributed by atoms with Gasteiger partial charge >= 0.3 is 0 Å². The molecule has 0 spiro atoms. The van der Waals surface area contributed by atoms with E-state index in [1.807, 2.05) is 6.92 Å². The Labute approximate surface area is 122 Å². The molecule has 1 aromatic carbocycles. The second-order valence-electron chi connectivity index (χ2n) is 4.13. The van der Waals surface area contributed by atoms with Crippen LogP contribution in [0.15, 0.2) is 18.2 Å². The number of carbonyl (C=O) groups excluding carboxylic acids is 2. The van der Waals surface area contributed by atoms with Gasteiger partial charge in [-0.3, -0.25) is 9.59 Å². The summed E-state index contributed by atoms with van der Waals surface area (Å²) in [5.74, 6) is 0.743. The molecule has 0 aliphatic carbocycles. The Bertz CT molecular complexity index is 466. The molecule has 0 atom stereocenters. The quantitative estimate of drug-likeness (QED) is 0.760. The average molecular weight is 301 g/mol. The van der Waals surface area contributed by atoms with E-state index in [9.17, 15) is 9.59 Å². The van der Waals surface area contributed by atoms with Crippen molar-refractivity contribution >= 4 is 40.9 Å². The topological polar surface area (TPSA) is 72.2 Å². The van der Waals surface area contributed by atoms with Gasteiger partial charge in [0.25, 0.3) is 0 Å². The zero-order valence-electron chi connectivity index (χ0n) is 10.7. The summed E-state index contributed by atoms with van der Waals surface area (Å²) < 4.78 is 0. The lowest BCUT2D eigenvalue weighted by Gasteiger charge is -2.08. The fourth-order valence-corrected chi connectivity index (χ4v) is 2.44. The molecule has 104 valence electrons. The minimum absolute atomic E-state index is 0.0607. The first kappa shape index (κ1) is 15.9. The van der Waals surface area contributed by atoms with Crippen LogP contribution in [0, 0.1) is 6.92 Å². The minimum atomic E-state index is -0.304. The second kappa shape index (κ2) is 8.07. The third-order valence-corrected chi connectivity index (χ3v) is 3.69. The Morgan fingerprint density at radius 3 is 2.79 bits per heavy atom. The highest BCUT2D eigenvalue weighted by Crippen LogP contribution is 2.19. The normalized spacial score (nSPS) is 10.2. The zero-order chi connectivity index (χ0) is 14.3. The van der Waals surface area contributed by atoms with Crippen molar-refractivity contribution in [2.75, 3.05) is 16.8 Å². The molecule has 3 N–H and O–H groups in total. The molecule has 0 saturated heterocycles. The maximum Gasteiger partial charge on any atom is 0.234 e. The van der Waals surface area contributed by atoms with Gasteiger partial charge in [-0.2, -0.15) is 11.8 Å². The minimum Gasteiger partial charge on any atom is -0.370 e. The number of primary amides is 1. The molecule has 1 rings (SSSR count). The molecule has 2 amide bonds. The summed E-state index contributed by atoms with van der Waals surface area (Å²) in [5, 5.41) is 3.48. The Balaban J connectivity index is 2.29. The van der Waals surface area contributed by atoms with E-state index in [2.05, 4.69) is 5.32 Å². The standard InChI is InChI=1S/C13H17ClN2O2S/c1-9-7-10(14)4-5-11(9)16-13(18)8-19-6-2-3-12(15)17/h4-5,7H,2-3,6,8H2,1H3,(H2,15,17)(H,16,18). The third-order valence-electron chi connectivity index (χ3n) is 2.41. The van der Waals surface area contributed by atoms with Crippen molar-refractivity contribution in [1.29, 1.82) is 0 Å². The third kappa shape index (κ3) is 6.50. The number of hydrogen-bond acceptors (Lipinski definition) is 3. The summed E-state index contributed by atoms with van der Waals surface area (Å²) in [6.07, 6.45) is 1.07. The highest BCUT2D eigenvalue weighted by molar-refractivity contribution is 7.99. The predicted octanol–water partition coefficient (Wildman–Crippen LogP) is 2.59. The molecule has 0 heterocycles. The number of benzene rings is 1. The van der Waals surface area contributed by atoms with Crippen molar-refractivity contribution in [3.8, 4) is 0 Å². The summed E-state index contributed by atoms with van der Waals surface area (Å²) in [7, 11) is 0. The van der Waals surface area contributed by atoms with E-state index in [-0.39, 0.29) is 11.8 Å². The van der Waals surface area contributed by atoms with E-state index in [1.165, 1.54) is 11.8 Å². The van der Waals surface area contributed by atoms with Crippen LogP contribution in [0.5, 0.6) is 0 Å². The largest absolute Gasteiger partial charge is 0.370 e. The van der Waals surface area contributed by atoms with Gasteiger partial charge in [0, 0.05) is 17.1 Å². The summed E-state index contributed by atoms with van der Waals surface area (Å²) in [6.45, 7) is 1.89. The zero-order valence-corrected chi connectivity index (χ0v) is 12.3. The highest BCUT2D eigenvalue weighted by atomic mass is 35.5. The molecule has 0 aromatic heterocycles. The van der Waals surface area contributed by atoms with Crippen LogP contribution in [0.3, 0.4) is 0 Å². The highest BCUT2D eigenvalue weighted by Gasteiger charge is 2.05. The van der Waals surface area contributed by atoms with Crippen LogP contribution in [0.1, 0.15) is 18.4 Å². The van der Waals surface area contributed by atoms with Crippen LogP contribution in [-0.2, 0) is 9.59 Å². The summed E-state index contributed by atoms with van der Waals surface area (Å²) in [6, 6.07) is 5.33. The summed E-state index contributed by atoms with van der Waals surface area (Å²) in [5.41, 5.74) is 6.73. The summed E-state index contributed by atoms with van der Waals surface area (Å²) >= 11 is 7.33. The first-order chi connectivity index (χ1) is 8.99. The Kier molecular flexibility index (Phi) is 6.73. The molecular weight excluding hydrogens is 284 g/mol. The van der Waals surface area contributed by atoms with Crippen molar-refractivity contribution in [1.82, 2.24) is 0 Å². The van der Waals surface area contributed by atoms with Crippen LogP contribution in [0.2, 0.25) is 5.02 Å². The fraction of sp³-hybridized carbons (Fsp3) is 0.385. The predicted molar refractivity (Wildman–Crippen MR) is 80.6 cm³/mol. The van der Waals surface area contributed by atoms with Crippen LogP contribution in [-0.4, -0.2) is 23.3 Å². The number of nitrogens with one attached hydrogen (secondary N) is 1. The number of anilines is 1. The van der Waals surface area contributed by atoms with Crippen molar-refractivity contribution < 1.29 is 9.59 Å². The van der Waals surface area contributed by atoms with E-state index in [1.54, 1.807) is 18.2 Å². The van der Waals surface area contributed by atoms with Gasteiger partial charge in [-0.25, -0.2) is 0 Å². The Morgan fingerprint density at radius 1 is 1.42 bits per heavy atom. The monoisotopic (exact) mass is 300 g/mol. The van der Waals surface area contributed by atoms with E-state index >= 15 is 0 Å². The molecule has 4 nitrogen and oxygen atoms in total. The molecule has 0 bridgehead atoms. The van der Waals surface area contributed by atoms with Gasteiger partial charge < -0.3 is 11.1 Å². The number of halogens is 1. The molecule has 0 fully saturated rings. The molecule has 1 aromatic rings. The average Bonchev–Trinajstić information content (AvgIpc) is 2.32. The molecule has 0 radical (unpaired) electrons. The van der Waals surface area contributed by atoms with Crippen LogP contribution < -0.4 is 11.1 Å². The number of nitrogens with two attached hydrogens (primary N) is 1. The van der Waals surface area contributed by atoms with E-state index < -0.39 is 0 Å². The molecule has 0 saturated carbocycles. The van der Waals surface area contributed by atoms with Gasteiger partial charge in [0.15, 0.2) is 0 Å². The van der Waals surface area contributed by atoms with Gasteiger partial charge in [-0.15, -0.1) is 0 Å². The van der Waals surface area contributed by atoms with E-state index in [0.29, 0.717) is 23.6 Å². The maximum absolute atomic E-state index is 11.7. The number of aryl methyl sites for hydroxylation is 1. The van der Waals surface area contributed by atoms with Crippen molar-refractivity contribution in [3.05, 3.63) is 28.8 Å². The second-order valence-corrected chi connectivity index (χ2v) is 5.67. The lowest BCUT2D eigenvalue weighted by Crippen LogP contribution is -2.15. The molecular formula is C13H17ClN2O2S. The first-order valence-corrected chi connectivity index (χ1v) is 7.44. The van der Waals surface area contributed by atoms with Gasteiger partial charge in [0.2, 0.25) is 11.8 Å². The van der Waals surface area contributed by atoms with Gasteiger partial charge in [0.05, 0.1) is 5.75 Å². The molecule has 19 heavy (non-hydrogen) atoms. The molecule has 0 unspecified atom stereocenters. The maximum atomic E-state index is 11.7. The van der Waals surface area contributed by atoms with Crippen molar-refractivity contribution in [2.45, 2.75) is 19.8 Å². The van der Waals surface area contributed by atoms with Crippen LogP contribution >= 0.6 is 23.4 Å². The SMILES string of the molecule is Cc1cc(Cl)ccc1NC(=O)CSCCCC(N)=O. The molecule has 0 aliphatic heterocycles. The first-order valence-electron chi connectivity index (χ1n) is 5.91. The number of hydrogen-bond donors (Lipinski definition) is 2. The van der Waals surface area contributed by atoms with Gasteiger partial charge in [0.1, 0.15) is 0 Å². The van der Waals surface area contributed by atoms with Crippen LogP contribution in [0.4, 0.5) is 5.69 Å². The smallest absolute Gasteiger partial charge is 0.234 e. The van der Waals surface area contributed by atoms with Gasteiger partial charge in [-0.05, 0) is 42.9 Å². The van der Waals surface area contributed by atoms with Crippen molar-refractivity contribution in [2.24, 2.45) is 5.73 Å². The Morgan fingerprint density at radius 2 is 2.16 bits per heavy atom. The van der Waals surface area contributed by atoms with Crippen LogP contribution in [0.25, 0.3) is 0 Å². The number of rotatable bonds is 7.